The molecule has 1 unspecified atom stereocenters. The van der Waals surface area contributed by atoms with E-state index in [2.05, 4.69) is 10.6 Å². The number of thiocarbonyl (C=S) groups is 1. The number of nitrogens with one attached hydrogen (secondary N) is 2. The lowest BCUT2D eigenvalue weighted by atomic mass is 10.2. The Labute approximate surface area is 116 Å². The summed E-state index contributed by atoms with van der Waals surface area (Å²) >= 11 is 10.8. The quantitative estimate of drug-likeness (QED) is 0.838. The smallest absolute Gasteiger partial charge is 0.170 e. The van der Waals surface area contributed by atoms with Crippen molar-refractivity contribution >= 4 is 34.6 Å². The molecule has 0 amide bonds. The Hall–Kier alpha value is -0.910. The van der Waals surface area contributed by atoms with Crippen molar-refractivity contribution in [3.8, 4) is 0 Å². The number of benzene rings is 1. The van der Waals surface area contributed by atoms with Crippen molar-refractivity contribution in [2.45, 2.75) is 18.9 Å². The van der Waals surface area contributed by atoms with Gasteiger partial charge in [0.2, 0.25) is 0 Å². The maximum atomic E-state index is 13.0. The van der Waals surface area contributed by atoms with E-state index in [0.717, 1.165) is 19.4 Å². The Balaban J connectivity index is 1.80. The first-order chi connectivity index (χ1) is 8.65. The number of ether oxygens (including phenoxy) is 1. The fourth-order valence-electron chi connectivity index (χ4n) is 1.76. The zero-order valence-electron chi connectivity index (χ0n) is 9.71. The van der Waals surface area contributed by atoms with Crippen LogP contribution in [-0.4, -0.2) is 24.4 Å². The average molecular weight is 289 g/mol. The lowest BCUT2D eigenvalue weighted by molar-refractivity contribution is 0.114. The SMILES string of the molecule is Fc1ccc(NC(=S)NCC2CCCO2)cc1Cl. The first kappa shape index (κ1) is 13.5. The topological polar surface area (TPSA) is 33.3 Å². The fourth-order valence-corrected chi connectivity index (χ4v) is 2.14. The van der Waals surface area contributed by atoms with Crippen LogP contribution in [0.25, 0.3) is 0 Å². The summed E-state index contributed by atoms with van der Waals surface area (Å²) in [6, 6.07) is 4.38. The molecule has 6 heteroatoms. The summed E-state index contributed by atoms with van der Waals surface area (Å²) in [5.41, 5.74) is 0.659. The van der Waals surface area contributed by atoms with Gasteiger partial charge in [0.1, 0.15) is 5.82 Å². The van der Waals surface area contributed by atoms with E-state index in [0.29, 0.717) is 17.3 Å². The molecular formula is C12H14ClFN2OS. The highest BCUT2D eigenvalue weighted by Gasteiger charge is 2.15. The summed E-state index contributed by atoms with van der Waals surface area (Å²) in [6.45, 7) is 1.50. The van der Waals surface area contributed by atoms with Crippen LogP contribution < -0.4 is 10.6 Å². The van der Waals surface area contributed by atoms with Gasteiger partial charge in [0.25, 0.3) is 0 Å². The van der Waals surface area contributed by atoms with Crippen LogP contribution in [0.4, 0.5) is 10.1 Å². The van der Waals surface area contributed by atoms with Crippen LogP contribution >= 0.6 is 23.8 Å². The van der Waals surface area contributed by atoms with Gasteiger partial charge in [-0.15, -0.1) is 0 Å². The first-order valence-electron chi connectivity index (χ1n) is 5.76. The van der Waals surface area contributed by atoms with E-state index < -0.39 is 5.82 Å². The monoisotopic (exact) mass is 288 g/mol. The third kappa shape index (κ3) is 3.80. The number of anilines is 1. The van der Waals surface area contributed by atoms with Crippen LogP contribution in [0.2, 0.25) is 5.02 Å². The molecule has 18 heavy (non-hydrogen) atoms. The predicted octanol–water partition coefficient (Wildman–Crippen LogP) is 2.94. The molecular weight excluding hydrogens is 275 g/mol. The Morgan fingerprint density at radius 2 is 2.39 bits per heavy atom. The molecule has 3 nitrogen and oxygen atoms in total. The predicted molar refractivity (Wildman–Crippen MR) is 74.6 cm³/mol. The lowest BCUT2D eigenvalue weighted by Gasteiger charge is -2.14. The van der Waals surface area contributed by atoms with Crippen molar-refractivity contribution in [2.75, 3.05) is 18.5 Å². The van der Waals surface area contributed by atoms with Crippen LogP contribution in [0.5, 0.6) is 0 Å². The number of hydrogen-bond donors (Lipinski definition) is 2. The van der Waals surface area contributed by atoms with Gasteiger partial charge in [0.05, 0.1) is 11.1 Å². The van der Waals surface area contributed by atoms with Crippen LogP contribution in [0.1, 0.15) is 12.8 Å². The van der Waals surface area contributed by atoms with Crippen LogP contribution in [0.3, 0.4) is 0 Å². The van der Waals surface area contributed by atoms with Crippen LogP contribution in [0.15, 0.2) is 18.2 Å². The minimum Gasteiger partial charge on any atom is -0.376 e. The Bertz CT molecular complexity index is 438. The molecule has 1 heterocycles. The molecule has 1 atom stereocenters. The largest absolute Gasteiger partial charge is 0.376 e. The number of hydrogen-bond acceptors (Lipinski definition) is 2. The van der Waals surface area contributed by atoms with Gasteiger partial charge in [0.15, 0.2) is 5.11 Å². The van der Waals surface area contributed by atoms with E-state index >= 15 is 0 Å². The summed E-state index contributed by atoms with van der Waals surface area (Å²) in [4.78, 5) is 0. The Morgan fingerprint density at radius 3 is 3.06 bits per heavy atom. The Kier molecular flexibility index (Phi) is 4.74. The summed E-state index contributed by atoms with van der Waals surface area (Å²) in [7, 11) is 0. The molecule has 0 bridgehead atoms. The Morgan fingerprint density at radius 1 is 1.56 bits per heavy atom. The van der Waals surface area contributed by atoms with Crippen molar-refractivity contribution < 1.29 is 9.13 Å². The van der Waals surface area contributed by atoms with Crippen molar-refractivity contribution in [3.63, 3.8) is 0 Å². The van der Waals surface area contributed by atoms with Gasteiger partial charge in [-0.25, -0.2) is 4.39 Å². The van der Waals surface area contributed by atoms with E-state index in [-0.39, 0.29) is 11.1 Å². The maximum Gasteiger partial charge on any atom is 0.170 e. The van der Waals surface area contributed by atoms with E-state index in [9.17, 15) is 4.39 Å². The van der Waals surface area contributed by atoms with Gasteiger partial charge in [-0.3, -0.25) is 0 Å². The zero-order chi connectivity index (χ0) is 13.0. The summed E-state index contributed by atoms with van der Waals surface area (Å²) in [6.07, 6.45) is 2.37. The maximum absolute atomic E-state index is 13.0. The molecule has 0 aromatic heterocycles. The van der Waals surface area contributed by atoms with Gasteiger partial charge in [0, 0.05) is 18.8 Å². The minimum absolute atomic E-state index is 0.0712. The summed E-state index contributed by atoms with van der Waals surface area (Å²) < 4.78 is 18.4. The van der Waals surface area contributed by atoms with Gasteiger partial charge in [-0.2, -0.15) is 0 Å². The lowest BCUT2D eigenvalue weighted by Crippen LogP contribution is -2.34. The minimum atomic E-state index is -0.444. The molecule has 1 aliphatic heterocycles. The average Bonchev–Trinajstić information content (AvgIpc) is 2.84. The summed E-state index contributed by atoms with van der Waals surface area (Å²) in [5.74, 6) is -0.444. The van der Waals surface area contributed by atoms with E-state index in [1.807, 2.05) is 0 Å². The molecule has 0 saturated carbocycles. The molecule has 1 saturated heterocycles. The molecule has 1 fully saturated rings. The highest BCUT2D eigenvalue weighted by Crippen LogP contribution is 2.19. The molecule has 2 N–H and O–H groups in total. The molecule has 2 rings (SSSR count). The van der Waals surface area contributed by atoms with E-state index in [1.54, 1.807) is 6.07 Å². The van der Waals surface area contributed by atoms with Crippen LogP contribution in [-0.2, 0) is 4.74 Å². The molecule has 1 aliphatic rings. The van der Waals surface area contributed by atoms with Gasteiger partial charge >= 0.3 is 0 Å². The molecule has 0 aliphatic carbocycles. The van der Waals surface area contributed by atoms with Crippen molar-refractivity contribution in [3.05, 3.63) is 29.0 Å². The number of rotatable bonds is 3. The standard InChI is InChI=1S/C12H14ClFN2OS/c13-10-6-8(3-4-11(10)14)16-12(18)15-7-9-2-1-5-17-9/h3-4,6,9H,1-2,5,7H2,(H2,15,16,18). The van der Waals surface area contributed by atoms with Crippen molar-refractivity contribution in [2.24, 2.45) is 0 Å². The highest BCUT2D eigenvalue weighted by atomic mass is 35.5. The second-order valence-corrected chi connectivity index (χ2v) is 4.91. The molecule has 1 aromatic rings. The third-order valence-corrected chi connectivity index (χ3v) is 3.23. The normalized spacial score (nSPS) is 18.7. The van der Waals surface area contributed by atoms with Gasteiger partial charge in [-0.05, 0) is 43.3 Å². The number of halogens is 2. The third-order valence-electron chi connectivity index (χ3n) is 2.69. The second kappa shape index (κ2) is 6.31. The fraction of sp³-hybridized carbons (Fsp3) is 0.417. The van der Waals surface area contributed by atoms with Gasteiger partial charge in [-0.1, -0.05) is 11.6 Å². The van der Waals surface area contributed by atoms with Crippen LogP contribution in [0, 0.1) is 5.82 Å². The first-order valence-corrected chi connectivity index (χ1v) is 6.55. The summed E-state index contributed by atoms with van der Waals surface area (Å²) in [5, 5.41) is 6.56. The second-order valence-electron chi connectivity index (χ2n) is 4.10. The molecule has 0 radical (unpaired) electrons. The molecule has 98 valence electrons. The van der Waals surface area contributed by atoms with Crippen molar-refractivity contribution in [1.82, 2.24) is 5.32 Å². The van der Waals surface area contributed by atoms with Gasteiger partial charge < -0.3 is 15.4 Å². The highest BCUT2D eigenvalue weighted by molar-refractivity contribution is 7.80. The van der Waals surface area contributed by atoms with Crippen molar-refractivity contribution in [1.29, 1.82) is 0 Å². The van der Waals surface area contributed by atoms with E-state index in [4.69, 9.17) is 28.6 Å². The zero-order valence-corrected chi connectivity index (χ0v) is 11.3. The van der Waals surface area contributed by atoms with E-state index in [1.165, 1.54) is 12.1 Å². The molecule has 0 spiro atoms. The molecule has 1 aromatic carbocycles.